The minimum Gasteiger partial charge on any atom is -0.480 e. The van der Waals surface area contributed by atoms with Crippen molar-refractivity contribution in [1.82, 2.24) is 0 Å². The molecule has 1 aromatic rings. The first kappa shape index (κ1) is 17.6. The Labute approximate surface area is 152 Å². The van der Waals surface area contributed by atoms with Crippen LogP contribution in [0.25, 0.3) is 0 Å². The summed E-state index contributed by atoms with van der Waals surface area (Å²) in [6.07, 6.45) is 3.22. The zero-order valence-corrected chi connectivity index (χ0v) is 15.6. The van der Waals surface area contributed by atoms with E-state index in [1.807, 2.05) is 0 Å². The number of ether oxygens (including phenoxy) is 1. The Hall–Kier alpha value is -1.26. The van der Waals surface area contributed by atoms with Gasteiger partial charge < -0.3 is 9.57 Å². The lowest BCUT2D eigenvalue weighted by Crippen LogP contribution is -2.32. The lowest BCUT2D eigenvalue weighted by atomic mass is 9.70. The SMILES string of the molecule is CC12CCC(C/C1=N\OC(=O)COc1ccc(Cl)cc1Cl)C2(C)C. The minimum absolute atomic E-state index is 0.0122. The summed E-state index contributed by atoms with van der Waals surface area (Å²) in [4.78, 5) is 17.0. The monoisotopic (exact) mass is 369 g/mol. The predicted molar refractivity (Wildman–Crippen MR) is 94.7 cm³/mol. The minimum atomic E-state index is -0.544. The number of hydrogen-bond donors (Lipinski definition) is 0. The van der Waals surface area contributed by atoms with E-state index < -0.39 is 5.97 Å². The molecule has 0 saturated heterocycles. The van der Waals surface area contributed by atoms with Crippen molar-refractivity contribution in [2.45, 2.75) is 40.0 Å². The van der Waals surface area contributed by atoms with Crippen molar-refractivity contribution in [3.63, 3.8) is 0 Å². The van der Waals surface area contributed by atoms with Gasteiger partial charge in [0, 0.05) is 10.4 Å². The fourth-order valence-corrected chi connectivity index (χ4v) is 4.39. The van der Waals surface area contributed by atoms with Crippen LogP contribution in [0.1, 0.15) is 40.0 Å². The van der Waals surface area contributed by atoms with Crippen LogP contribution < -0.4 is 4.74 Å². The Morgan fingerprint density at radius 3 is 2.67 bits per heavy atom. The maximum Gasteiger partial charge on any atom is 0.372 e. The number of rotatable bonds is 4. The summed E-state index contributed by atoms with van der Waals surface area (Å²) >= 11 is 11.8. The van der Waals surface area contributed by atoms with E-state index in [0.29, 0.717) is 21.7 Å². The van der Waals surface area contributed by atoms with Crippen molar-refractivity contribution >= 4 is 34.9 Å². The van der Waals surface area contributed by atoms with Crippen LogP contribution in [-0.2, 0) is 9.63 Å². The summed E-state index contributed by atoms with van der Waals surface area (Å²) in [6, 6.07) is 4.82. The van der Waals surface area contributed by atoms with Gasteiger partial charge in [-0.1, -0.05) is 49.1 Å². The third kappa shape index (κ3) is 2.91. The van der Waals surface area contributed by atoms with E-state index in [1.54, 1.807) is 18.2 Å². The molecule has 2 atom stereocenters. The van der Waals surface area contributed by atoms with Gasteiger partial charge in [-0.05, 0) is 48.8 Å². The van der Waals surface area contributed by atoms with Gasteiger partial charge in [-0.2, -0.15) is 0 Å². The molecule has 0 amide bonds. The van der Waals surface area contributed by atoms with Gasteiger partial charge in [-0.25, -0.2) is 4.79 Å². The normalized spacial score (nSPS) is 29.0. The van der Waals surface area contributed by atoms with Crippen LogP contribution in [0, 0.1) is 16.7 Å². The number of carbonyl (C=O) groups excluding carboxylic acids is 1. The fraction of sp³-hybridized carbons (Fsp3) is 0.556. The summed E-state index contributed by atoms with van der Waals surface area (Å²) in [5, 5.41) is 5.01. The largest absolute Gasteiger partial charge is 0.480 e. The van der Waals surface area contributed by atoms with Gasteiger partial charge in [0.15, 0.2) is 6.61 Å². The standard InChI is InChI=1S/C18H21Cl2NO3/c1-17(2)11-6-7-18(17,3)15(8-11)21-24-16(22)10-23-14-5-4-12(19)9-13(14)20/h4-5,9,11H,6-8,10H2,1-3H3/b21-15+. The molecule has 4 nitrogen and oxygen atoms in total. The second-order valence-electron chi connectivity index (χ2n) is 7.36. The van der Waals surface area contributed by atoms with Crippen LogP contribution in [0.2, 0.25) is 10.0 Å². The zero-order valence-electron chi connectivity index (χ0n) is 14.1. The van der Waals surface area contributed by atoms with Crippen molar-refractivity contribution in [2.24, 2.45) is 21.9 Å². The average Bonchev–Trinajstić information content (AvgIpc) is 2.85. The molecule has 0 radical (unpaired) electrons. The first-order chi connectivity index (χ1) is 11.2. The average molecular weight is 370 g/mol. The van der Waals surface area contributed by atoms with Crippen molar-refractivity contribution in [3.8, 4) is 5.75 Å². The molecule has 6 heteroatoms. The number of oxime groups is 1. The highest BCUT2D eigenvalue weighted by Gasteiger charge is 2.60. The van der Waals surface area contributed by atoms with Gasteiger partial charge in [0.1, 0.15) is 5.75 Å². The Balaban J connectivity index is 1.58. The molecule has 0 aromatic heterocycles. The molecule has 2 aliphatic rings. The number of halogens is 2. The number of carbonyl (C=O) groups is 1. The highest BCUT2D eigenvalue weighted by Crippen LogP contribution is 2.63. The summed E-state index contributed by atoms with van der Waals surface area (Å²) in [7, 11) is 0. The van der Waals surface area contributed by atoms with Gasteiger partial charge in [0.05, 0.1) is 10.7 Å². The zero-order chi connectivity index (χ0) is 17.5. The Morgan fingerprint density at radius 1 is 1.33 bits per heavy atom. The molecule has 0 heterocycles. The van der Waals surface area contributed by atoms with Gasteiger partial charge in [-0.3, -0.25) is 0 Å². The maximum atomic E-state index is 11.9. The molecule has 24 heavy (non-hydrogen) atoms. The number of benzene rings is 1. The second-order valence-corrected chi connectivity index (χ2v) is 8.20. The highest BCUT2D eigenvalue weighted by molar-refractivity contribution is 6.35. The summed E-state index contributed by atoms with van der Waals surface area (Å²) in [6.45, 7) is 6.53. The van der Waals surface area contributed by atoms with E-state index >= 15 is 0 Å². The maximum absolute atomic E-state index is 11.9. The van der Waals surface area contributed by atoms with Gasteiger partial charge >= 0.3 is 5.97 Å². The van der Waals surface area contributed by atoms with Crippen LogP contribution in [0.15, 0.2) is 23.4 Å². The molecule has 3 rings (SSSR count). The van der Waals surface area contributed by atoms with E-state index in [4.69, 9.17) is 32.8 Å². The first-order valence-electron chi connectivity index (χ1n) is 8.09. The number of nitrogens with zero attached hydrogens (tertiary/aromatic N) is 1. The van der Waals surface area contributed by atoms with E-state index in [9.17, 15) is 4.79 Å². The van der Waals surface area contributed by atoms with Crippen LogP contribution in [0.3, 0.4) is 0 Å². The van der Waals surface area contributed by atoms with Gasteiger partial charge in [0.25, 0.3) is 0 Å². The van der Waals surface area contributed by atoms with E-state index in [1.165, 1.54) is 6.42 Å². The smallest absolute Gasteiger partial charge is 0.372 e. The molecule has 2 aliphatic carbocycles. The summed E-state index contributed by atoms with van der Waals surface area (Å²) < 4.78 is 5.36. The molecule has 2 saturated carbocycles. The molecular formula is C18H21Cl2NO3. The Kier molecular flexibility index (Phi) is 4.56. The molecule has 2 bridgehead atoms. The van der Waals surface area contributed by atoms with Crippen molar-refractivity contribution in [2.75, 3.05) is 6.61 Å². The third-order valence-corrected chi connectivity index (χ3v) is 6.54. The van der Waals surface area contributed by atoms with Crippen LogP contribution in [0.4, 0.5) is 0 Å². The molecule has 1 aromatic carbocycles. The van der Waals surface area contributed by atoms with Crippen molar-refractivity contribution in [3.05, 3.63) is 28.2 Å². The van der Waals surface area contributed by atoms with E-state index in [2.05, 4.69) is 25.9 Å². The molecule has 0 N–H and O–H groups in total. The van der Waals surface area contributed by atoms with Gasteiger partial charge in [0.2, 0.25) is 0 Å². The number of hydrogen-bond acceptors (Lipinski definition) is 4. The van der Waals surface area contributed by atoms with Gasteiger partial charge in [-0.15, -0.1) is 0 Å². The summed E-state index contributed by atoms with van der Waals surface area (Å²) in [5.41, 5.74) is 1.20. The fourth-order valence-electron chi connectivity index (χ4n) is 3.93. The topological polar surface area (TPSA) is 47.9 Å². The molecular weight excluding hydrogens is 349 g/mol. The number of fused-ring (bicyclic) bond motifs is 2. The second kappa shape index (κ2) is 6.23. The Bertz CT molecular complexity index is 702. The predicted octanol–water partition coefficient (Wildman–Crippen LogP) is 5.12. The van der Waals surface area contributed by atoms with E-state index in [-0.39, 0.29) is 17.4 Å². The van der Waals surface area contributed by atoms with Crippen LogP contribution in [-0.4, -0.2) is 18.3 Å². The highest BCUT2D eigenvalue weighted by atomic mass is 35.5. The molecule has 130 valence electrons. The van der Waals surface area contributed by atoms with Crippen LogP contribution >= 0.6 is 23.2 Å². The molecule has 0 aliphatic heterocycles. The quantitative estimate of drug-likeness (QED) is 0.546. The molecule has 2 fully saturated rings. The van der Waals surface area contributed by atoms with Crippen molar-refractivity contribution < 1.29 is 14.4 Å². The molecule has 2 unspecified atom stereocenters. The summed E-state index contributed by atoms with van der Waals surface area (Å²) in [5.74, 6) is 0.459. The lowest BCUT2D eigenvalue weighted by molar-refractivity contribution is -0.146. The lowest BCUT2D eigenvalue weighted by Gasteiger charge is -2.34. The third-order valence-electron chi connectivity index (χ3n) is 6.01. The van der Waals surface area contributed by atoms with Crippen molar-refractivity contribution in [1.29, 1.82) is 0 Å². The van der Waals surface area contributed by atoms with Crippen LogP contribution in [0.5, 0.6) is 5.75 Å². The first-order valence-corrected chi connectivity index (χ1v) is 8.84. The molecule has 0 spiro atoms. The van der Waals surface area contributed by atoms with E-state index in [0.717, 1.165) is 18.6 Å². The Morgan fingerprint density at radius 2 is 2.08 bits per heavy atom.